The third kappa shape index (κ3) is 36.2. The number of anilines is 1. The van der Waals surface area contributed by atoms with Crippen LogP contribution in [0.3, 0.4) is 0 Å². The molecule has 0 bridgehead atoms. The largest absolute Gasteiger partial charge is 0.445 e. The van der Waals surface area contributed by atoms with Crippen LogP contribution in [0.2, 0.25) is 0 Å². The average Bonchev–Trinajstić information content (AvgIpc) is 1.62. The summed E-state index contributed by atoms with van der Waals surface area (Å²) in [6.07, 6.45) is -1.28. The monoisotopic (exact) mass is 1670 g/mol. The van der Waals surface area contributed by atoms with E-state index in [4.69, 9.17) is 62.7 Å². The van der Waals surface area contributed by atoms with Gasteiger partial charge in [0.05, 0.1) is 161 Å². The number of nitrogens with two attached hydrogens (primary N) is 1. The molecule has 0 radical (unpaired) electrons. The maximum Gasteiger partial charge on any atom is 0.410 e. The van der Waals surface area contributed by atoms with Gasteiger partial charge in [0.1, 0.15) is 30.8 Å². The molecule has 4 rings (SSSR count). The van der Waals surface area contributed by atoms with E-state index in [9.17, 15) is 62.6 Å². The van der Waals surface area contributed by atoms with Crippen LogP contribution in [0.5, 0.6) is 0 Å². The van der Waals surface area contributed by atoms with Crippen molar-refractivity contribution in [2.45, 2.75) is 201 Å². The average molecular weight is 1670 g/mol. The first-order valence-electron chi connectivity index (χ1n) is 40.9. The summed E-state index contributed by atoms with van der Waals surface area (Å²) in [4.78, 5) is 168. The second-order valence-corrected chi connectivity index (χ2v) is 30.2. The van der Waals surface area contributed by atoms with Gasteiger partial charge >= 0.3 is 18.1 Å². The van der Waals surface area contributed by atoms with Crippen molar-refractivity contribution in [3.05, 3.63) is 65.7 Å². The van der Waals surface area contributed by atoms with E-state index in [0.29, 0.717) is 114 Å². The number of aliphatic hydroxyl groups excluding tert-OH is 1. The Kier molecular flexibility index (Phi) is 48.4. The fraction of sp³-hybridized carbons (Fsp3) is 0.707. The molecule has 9 N–H and O–H groups in total. The zero-order chi connectivity index (χ0) is 87.2. The number of rotatable bonds is 60. The van der Waals surface area contributed by atoms with Gasteiger partial charge in [-0.15, -0.1) is 5.06 Å². The zero-order valence-corrected chi connectivity index (χ0v) is 71.5. The highest BCUT2D eigenvalue weighted by atomic mass is 16.7. The molecule has 36 nitrogen and oxygen atoms in total. The van der Waals surface area contributed by atoms with Crippen LogP contribution in [0.1, 0.15) is 151 Å². The van der Waals surface area contributed by atoms with Gasteiger partial charge in [-0.1, -0.05) is 111 Å². The van der Waals surface area contributed by atoms with Gasteiger partial charge in [-0.3, -0.25) is 48.1 Å². The van der Waals surface area contributed by atoms with Gasteiger partial charge in [0.2, 0.25) is 41.4 Å². The standard InChI is InChI=1S/C82H133N11O25/c1-15-56(8)73(64(107-13)51-68(97)92-34-20-24-63(92)75(108-14)57(9)76(100)85-58(10)74(99)60-21-17-16-18-22-60)90(11)80(104)71(54(4)5)89-79(103)72(55(6)7)91(12)82(106)117-52-59-25-27-61(28-26-59)86-77(101)62(23-19-33-84-81(83)105)87-78(102)70(53(2)3)88-65(94)31-35-109-37-39-111-41-43-113-45-47-115-49-50-116-48-46-114-44-42-112-40-38-110-36-32-69(98)118-93-66(95)29-30-67(93)96/h16-18,21-22,25-28,53-58,62-64,70-75,99H,15,19-20,23-24,29-52H2,1-14H3,(H,85,100)(H,86,101)(H,87,102)(H,88,94)(H,89,103)(H3,83,84,105)/t56-,57+,58+,62-,63-,64?,70-,71-,72-,73-,74+,75+/m1/s1. The lowest BCUT2D eigenvalue weighted by Gasteiger charge is -2.41. The van der Waals surface area contributed by atoms with Crippen molar-refractivity contribution in [2.24, 2.45) is 35.3 Å². The van der Waals surface area contributed by atoms with Crippen molar-refractivity contribution in [1.82, 2.24) is 46.3 Å². The molecule has 1 unspecified atom stereocenters. The third-order valence-corrected chi connectivity index (χ3v) is 20.3. The molecule has 118 heavy (non-hydrogen) atoms. The molecule has 0 spiro atoms. The van der Waals surface area contributed by atoms with Crippen LogP contribution in [0, 0.1) is 29.6 Å². The molecule has 36 heteroatoms. The maximum atomic E-state index is 14.9. The molecule has 0 saturated carbocycles. The molecule has 2 aromatic rings. The lowest BCUT2D eigenvalue weighted by atomic mass is 9.89. The zero-order valence-electron chi connectivity index (χ0n) is 71.5. The fourth-order valence-corrected chi connectivity index (χ4v) is 13.4. The summed E-state index contributed by atoms with van der Waals surface area (Å²) >= 11 is 0. The number of urea groups is 1. The number of hydrogen-bond donors (Lipinski definition) is 8. The molecule has 12 amide bonds. The number of benzene rings is 2. The van der Waals surface area contributed by atoms with Gasteiger partial charge in [0.15, 0.2) is 0 Å². The van der Waals surface area contributed by atoms with Crippen molar-refractivity contribution in [2.75, 3.05) is 152 Å². The number of ether oxygens (including phenoxy) is 11. The van der Waals surface area contributed by atoms with Gasteiger partial charge in [-0.05, 0) is 79.5 Å². The molecule has 2 aromatic carbocycles. The topological polar surface area (TPSA) is 447 Å². The van der Waals surface area contributed by atoms with Crippen molar-refractivity contribution in [3.8, 4) is 0 Å². The summed E-state index contributed by atoms with van der Waals surface area (Å²) in [5, 5.41) is 28.2. The highest BCUT2D eigenvalue weighted by Gasteiger charge is 2.44. The Morgan fingerprint density at radius 1 is 0.593 bits per heavy atom. The van der Waals surface area contributed by atoms with E-state index in [1.807, 2.05) is 32.0 Å². The Morgan fingerprint density at radius 3 is 1.61 bits per heavy atom. The predicted octanol–water partition coefficient (Wildman–Crippen LogP) is 4.11. The van der Waals surface area contributed by atoms with E-state index in [1.54, 1.807) is 109 Å². The molecular weight excluding hydrogens is 1540 g/mol. The summed E-state index contributed by atoms with van der Waals surface area (Å²) in [5.41, 5.74) is 6.79. The quantitative estimate of drug-likeness (QED) is 0.0341. The molecule has 2 fully saturated rings. The Bertz CT molecular complexity index is 3360. The first kappa shape index (κ1) is 102. The van der Waals surface area contributed by atoms with Crippen LogP contribution in [0.15, 0.2) is 54.6 Å². The molecule has 666 valence electrons. The number of nitrogens with one attached hydrogen (secondary N) is 6. The number of carbonyl (C=O) groups excluding carboxylic acids is 12. The second-order valence-electron chi connectivity index (χ2n) is 30.2. The molecule has 0 aliphatic carbocycles. The number of hydroxylamine groups is 2. The van der Waals surface area contributed by atoms with Crippen molar-refractivity contribution in [1.29, 1.82) is 0 Å². The minimum absolute atomic E-state index is 0.0272. The van der Waals surface area contributed by atoms with E-state index in [1.165, 1.54) is 26.2 Å². The number of likely N-dealkylation sites (N-methyl/N-ethyl adjacent to an activating group) is 2. The van der Waals surface area contributed by atoms with Gasteiger partial charge in [-0.25, -0.2) is 14.4 Å². The lowest BCUT2D eigenvalue weighted by Crippen LogP contribution is -2.60. The van der Waals surface area contributed by atoms with E-state index in [2.05, 4.69) is 31.9 Å². The van der Waals surface area contributed by atoms with Crippen LogP contribution in [-0.2, 0) is 111 Å². The van der Waals surface area contributed by atoms with Gasteiger partial charge in [0.25, 0.3) is 11.8 Å². The fourth-order valence-electron chi connectivity index (χ4n) is 13.4. The molecule has 2 heterocycles. The number of methoxy groups -OCH3 is 2. The maximum absolute atomic E-state index is 14.9. The van der Waals surface area contributed by atoms with Crippen molar-refractivity contribution in [3.63, 3.8) is 0 Å². The smallest absolute Gasteiger partial charge is 0.410 e. The number of carbonyl (C=O) groups is 12. The third-order valence-electron chi connectivity index (χ3n) is 20.3. The van der Waals surface area contributed by atoms with Gasteiger partial charge < -0.3 is 109 Å². The van der Waals surface area contributed by atoms with Crippen molar-refractivity contribution < 1.29 is 120 Å². The Balaban J connectivity index is 1.17. The second kappa shape index (κ2) is 56.1. The number of aliphatic hydroxyl groups is 1. The molecule has 2 saturated heterocycles. The molecule has 2 aliphatic rings. The van der Waals surface area contributed by atoms with E-state index in [0.717, 1.165) is 0 Å². The SMILES string of the molecule is CC[C@@H](C)[C@H](C(CC(=O)N1CCC[C@@H]1[C@@H](OC)[C@H](C)C(=O)N[C@@H](C)[C@H](O)c1ccccc1)OC)N(C)C(=O)[C@H](NC(=O)[C@@H](C(C)C)N(C)C(=O)OCc1ccc(NC(=O)[C@@H](CCCNC(N)=O)NC(=O)[C@H](NC(=O)CCOCCOCCOCCOCCOCCOCCOCCOCCC(=O)ON2C(=O)CCC2=O)C(C)C)cc1)C(C)C. The summed E-state index contributed by atoms with van der Waals surface area (Å²) in [6.45, 7) is 22.9. The summed E-state index contributed by atoms with van der Waals surface area (Å²) in [7, 11) is 6.07. The van der Waals surface area contributed by atoms with Gasteiger partial charge in [0, 0.05) is 66.4 Å². The summed E-state index contributed by atoms with van der Waals surface area (Å²) in [5.74, 6) is -7.26. The van der Waals surface area contributed by atoms with Crippen molar-refractivity contribution >= 4 is 76.9 Å². The Labute approximate surface area is 694 Å². The highest BCUT2D eigenvalue weighted by molar-refractivity contribution is 6.02. The normalized spacial score (nSPS) is 16.4. The predicted molar refractivity (Wildman–Crippen MR) is 432 cm³/mol. The number of hydrogen-bond acceptors (Lipinski definition) is 25. The molecule has 0 aromatic heterocycles. The van der Waals surface area contributed by atoms with Crippen LogP contribution >= 0.6 is 0 Å². The Hall–Kier alpha value is -8.56. The Morgan fingerprint density at radius 2 is 1.12 bits per heavy atom. The minimum Gasteiger partial charge on any atom is -0.445 e. The molecule has 12 atom stereocenters. The number of nitrogens with zero attached hydrogens (tertiary/aromatic N) is 4. The number of likely N-dealkylation sites (tertiary alicyclic amines) is 1. The summed E-state index contributed by atoms with van der Waals surface area (Å²) in [6, 6.07) is 8.62. The highest BCUT2D eigenvalue weighted by Crippen LogP contribution is 2.31. The molecule has 2 aliphatic heterocycles. The van der Waals surface area contributed by atoms with Gasteiger partial charge in [-0.2, -0.15) is 0 Å². The lowest BCUT2D eigenvalue weighted by molar-refractivity contribution is -0.198. The first-order valence-corrected chi connectivity index (χ1v) is 40.9. The van der Waals surface area contributed by atoms with Crippen LogP contribution in [0.25, 0.3) is 0 Å². The van der Waals surface area contributed by atoms with Crippen LogP contribution < -0.4 is 37.6 Å². The van der Waals surface area contributed by atoms with E-state index < -0.39 is 144 Å². The first-order chi connectivity index (χ1) is 56.4. The van der Waals surface area contributed by atoms with Crippen LogP contribution in [-0.4, -0.2) is 298 Å². The number of imide groups is 1. The van der Waals surface area contributed by atoms with E-state index >= 15 is 0 Å². The molecular formula is C82H133N11O25. The van der Waals surface area contributed by atoms with Crippen LogP contribution in [0.4, 0.5) is 15.3 Å². The summed E-state index contributed by atoms with van der Waals surface area (Å²) < 4.78 is 61.7. The van der Waals surface area contributed by atoms with E-state index in [-0.39, 0.29) is 115 Å². The number of amides is 12. The number of primary amides is 1. The minimum atomic E-state index is -1.13.